The lowest BCUT2D eigenvalue weighted by Crippen LogP contribution is -2.34. The second-order valence-electron chi connectivity index (χ2n) is 7.89. The molecule has 0 bridgehead atoms. The molecule has 8 heteroatoms. The summed E-state index contributed by atoms with van der Waals surface area (Å²) in [6.45, 7) is 5.82. The third kappa shape index (κ3) is 5.50. The number of fused-ring (bicyclic) bond motifs is 1. The second-order valence-corrected chi connectivity index (χ2v) is 8.70. The molecule has 0 atom stereocenters. The number of aromatic amines is 1. The Hall–Kier alpha value is -3.42. The van der Waals surface area contributed by atoms with Gasteiger partial charge in [0.2, 0.25) is 0 Å². The van der Waals surface area contributed by atoms with Crippen LogP contribution in [0.5, 0.6) is 5.75 Å². The topological polar surface area (TPSA) is 79.0 Å². The van der Waals surface area contributed by atoms with Crippen LogP contribution in [0.3, 0.4) is 0 Å². The Morgan fingerprint density at radius 1 is 1.12 bits per heavy atom. The standard InChI is InChI=1S/C25H23ClN4O2S/c1-14(2)32-19-9-5-7-17(12-19)24(31)30-25(33)27-18-8-4-6-16(11-18)23-28-21-10-15(3)20(26)13-22(21)29-23/h4-14H,1-3H3,(H,28,29)(H2,27,30,31,33). The lowest BCUT2D eigenvalue weighted by Gasteiger charge is -2.12. The van der Waals surface area contributed by atoms with Crippen LogP contribution in [0.25, 0.3) is 22.4 Å². The highest BCUT2D eigenvalue weighted by Gasteiger charge is 2.11. The van der Waals surface area contributed by atoms with Gasteiger partial charge in [-0.2, -0.15) is 0 Å². The van der Waals surface area contributed by atoms with Crippen LogP contribution in [0.4, 0.5) is 5.69 Å². The molecule has 0 radical (unpaired) electrons. The maximum absolute atomic E-state index is 12.6. The number of hydrogen-bond donors (Lipinski definition) is 3. The monoisotopic (exact) mass is 478 g/mol. The van der Waals surface area contributed by atoms with E-state index in [-0.39, 0.29) is 17.1 Å². The van der Waals surface area contributed by atoms with E-state index >= 15 is 0 Å². The molecular formula is C25H23ClN4O2S. The smallest absolute Gasteiger partial charge is 0.257 e. The quantitative estimate of drug-likeness (QED) is 0.302. The van der Waals surface area contributed by atoms with Gasteiger partial charge in [0, 0.05) is 21.8 Å². The van der Waals surface area contributed by atoms with Crippen molar-refractivity contribution in [2.45, 2.75) is 26.9 Å². The minimum Gasteiger partial charge on any atom is -0.491 e. The van der Waals surface area contributed by atoms with Crippen molar-refractivity contribution < 1.29 is 9.53 Å². The van der Waals surface area contributed by atoms with E-state index in [1.807, 2.05) is 63.2 Å². The summed E-state index contributed by atoms with van der Waals surface area (Å²) in [5, 5.41) is 6.64. The number of imidazole rings is 1. The fraction of sp³-hybridized carbons (Fsp3) is 0.160. The highest BCUT2D eigenvalue weighted by molar-refractivity contribution is 7.80. The molecule has 0 aliphatic carbocycles. The molecule has 3 N–H and O–H groups in total. The maximum Gasteiger partial charge on any atom is 0.257 e. The first kappa shape index (κ1) is 22.8. The molecule has 0 fully saturated rings. The number of rotatable bonds is 5. The number of aromatic nitrogens is 2. The van der Waals surface area contributed by atoms with Crippen molar-refractivity contribution >= 4 is 51.6 Å². The van der Waals surface area contributed by atoms with Crippen molar-refractivity contribution in [3.8, 4) is 17.1 Å². The van der Waals surface area contributed by atoms with E-state index in [1.54, 1.807) is 18.2 Å². The number of anilines is 1. The predicted molar refractivity (Wildman–Crippen MR) is 137 cm³/mol. The van der Waals surface area contributed by atoms with Gasteiger partial charge in [-0.25, -0.2) is 4.98 Å². The average Bonchev–Trinajstić information content (AvgIpc) is 3.16. The molecule has 3 aromatic carbocycles. The molecular weight excluding hydrogens is 456 g/mol. The zero-order valence-corrected chi connectivity index (χ0v) is 20.0. The van der Waals surface area contributed by atoms with E-state index in [0.29, 0.717) is 22.2 Å². The van der Waals surface area contributed by atoms with Gasteiger partial charge in [-0.3, -0.25) is 10.1 Å². The first-order valence-corrected chi connectivity index (χ1v) is 11.2. The Labute approximate surface area is 202 Å². The summed E-state index contributed by atoms with van der Waals surface area (Å²) < 4.78 is 5.65. The molecule has 4 rings (SSSR count). The van der Waals surface area contributed by atoms with Gasteiger partial charge in [0.05, 0.1) is 17.1 Å². The third-order valence-corrected chi connectivity index (χ3v) is 5.46. The summed E-state index contributed by atoms with van der Waals surface area (Å²) >= 11 is 11.6. The van der Waals surface area contributed by atoms with Crippen molar-refractivity contribution in [2.75, 3.05) is 5.32 Å². The molecule has 0 aliphatic heterocycles. The van der Waals surface area contributed by atoms with E-state index in [1.165, 1.54) is 0 Å². The second kappa shape index (κ2) is 9.60. The Balaban J connectivity index is 1.46. The van der Waals surface area contributed by atoms with Crippen molar-refractivity contribution in [1.82, 2.24) is 15.3 Å². The number of hydrogen-bond acceptors (Lipinski definition) is 4. The number of halogens is 1. The zero-order valence-electron chi connectivity index (χ0n) is 18.4. The predicted octanol–water partition coefficient (Wildman–Crippen LogP) is 6.11. The zero-order chi connectivity index (χ0) is 23.5. The van der Waals surface area contributed by atoms with Crippen molar-refractivity contribution in [3.05, 3.63) is 76.8 Å². The third-order valence-electron chi connectivity index (χ3n) is 4.85. The van der Waals surface area contributed by atoms with Gasteiger partial charge in [0.15, 0.2) is 5.11 Å². The largest absolute Gasteiger partial charge is 0.491 e. The fourth-order valence-corrected chi connectivity index (χ4v) is 3.71. The van der Waals surface area contributed by atoms with Gasteiger partial charge >= 0.3 is 0 Å². The summed E-state index contributed by atoms with van der Waals surface area (Å²) in [7, 11) is 0. The molecule has 0 unspecified atom stereocenters. The molecule has 4 aromatic rings. The number of nitrogens with zero attached hydrogens (tertiary/aromatic N) is 1. The van der Waals surface area contributed by atoms with E-state index < -0.39 is 0 Å². The number of benzene rings is 3. The molecule has 0 spiro atoms. The summed E-state index contributed by atoms with van der Waals surface area (Å²) in [6.07, 6.45) is 0.0195. The minimum absolute atomic E-state index is 0.0195. The molecule has 0 aliphatic rings. The first-order chi connectivity index (χ1) is 15.8. The molecule has 33 heavy (non-hydrogen) atoms. The highest BCUT2D eigenvalue weighted by Crippen LogP contribution is 2.26. The van der Waals surface area contributed by atoms with Gasteiger partial charge < -0.3 is 15.0 Å². The summed E-state index contributed by atoms with van der Waals surface area (Å²) in [5.74, 6) is 1.03. The lowest BCUT2D eigenvalue weighted by atomic mass is 10.2. The Kier molecular flexibility index (Phi) is 6.62. The van der Waals surface area contributed by atoms with Crippen LogP contribution < -0.4 is 15.4 Å². The van der Waals surface area contributed by atoms with Crippen LogP contribution in [0.15, 0.2) is 60.7 Å². The Morgan fingerprint density at radius 2 is 1.91 bits per heavy atom. The van der Waals surface area contributed by atoms with Gasteiger partial charge in [-0.05, 0) is 81.0 Å². The Bertz CT molecular complexity index is 1310. The summed E-state index contributed by atoms with van der Waals surface area (Å²) in [6, 6.07) is 18.4. The number of amides is 1. The van der Waals surface area contributed by atoms with Gasteiger partial charge in [-0.1, -0.05) is 29.8 Å². The average molecular weight is 479 g/mol. The molecule has 0 saturated heterocycles. The van der Waals surface area contributed by atoms with Gasteiger partial charge in [-0.15, -0.1) is 0 Å². The molecule has 1 heterocycles. The van der Waals surface area contributed by atoms with Crippen molar-refractivity contribution in [1.29, 1.82) is 0 Å². The number of thiocarbonyl (C=S) groups is 1. The van der Waals surface area contributed by atoms with E-state index in [2.05, 4.69) is 20.6 Å². The number of aryl methyl sites for hydroxylation is 1. The van der Waals surface area contributed by atoms with Crippen LogP contribution in [0.2, 0.25) is 5.02 Å². The van der Waals surface area contributed by atoms with Crippen molar-refractivity contribution in [3.63, 3.8) is 0 Å². The SMILES string of the molecule is Cc1cc2[nH]c(-c3cccc(NC(=S)NC(=O)c4cccc(OC(C)C)c4)c3)nc2cc1Cl. The summed E-state index contributed by atoms with van der Waals surface area (Å²) in [5.41, 5.74) is 4.75. The molecule has 0 saturated carbocycles. The van der Waals surface area contributed by atoms with Crippen LogP contribution in [0.1, 0.15) is 29.8 Å². The normalized spacial score (nSPS) is 10.9. The Morgan fingerprint density at radius 3 is 2.70 bits per heavy atom. The van der Waals surface area contributed by atoms with Crippen LogP contribution in [-0.2, 0) is 0 Å². The van der Waals surface area contributed by atoms with Gasteiger partial charge in [0.1, 0.15) is 11.6 Å². The van der Waals surface area contributed by atoms with E-state index in [4.69, 9.17) is 28.6 Å². The maximum atomic E-state index is 12.6. The molecule has 1 amide bonds. The molecule has 1 aromatic heterocycles. The van der Waals surface area contributed by atoms with E-state index in [0.717, 1.165) is 27.8 Å². The lowest BCUT2D eigenvalue weighted by molar-refractivity contribution is 0.0977. The number of nitrogens with one attached hydrogen (secondary N) is 3. The molecule has 168 valence electrons. The number of carbonyl (C=O) groups excluding carboxylic acids is 1. The molecule has 6 nitrogen and oxygen atoms in total. The van der Waals surface area contributed by atoms with Crippen LogP contribution >= 0.6 is 23.8 Å². The highest BCUT2D eigenvalue weighted by atomic mass is 35.5. The summed E-state index contributed by atoms with van der Waals surface area (Å²) in [4.78, 5) is 20.6. The minimum atomic E-state index is -0.317. The van der Waals surface area contributed by atoms with E-state index in [9.17, 15) is 4.79 Å². The van der Waals surface area contributed by atoms with Crippen molar-refractivity contribution in [2.24, 2.45) is 0 Å². The first-order valence-electron chi connectivity index (χ1n) is 10.4. The number of carbonyl (C=O) groups is 1. The number of ether oxygens (including phenoxy) is 1. The van der Waals surface area contributed by atoms with Crippen LogP contribution in [0, 0.1) is 6.92 Å². The fourth-order valence-electron chi connectivity index (χ4n) is 3.34. The number of H-pyrrole nitrogens is 1. The van der Waals surface area contributed by atoms with Crippen LogP contribution in [-0.4, -0.2) is 27.1 Å². The van der Waals surface area contributed by atoms with Gasteiger partial charge in [0.25, 0.3) is 5.91 Å².